The molecule has 7 nitrogen and oxygen atoms in total. The summed E-state index contributed by atoms with van der Waals surface area (Å²) in [4.78, 5) is 18.9. The van der Waals surface area contributed by atoms with Gasteiger partial charge in [-0.1, -0.05) is 25.5 Å². The number of anilines is 1. The highest BCUT2D eigenvalue weighted by Crippen LogP contribution is 2.29. The van der Waals surface area contributed by atoms with Crippen LogP contribution in [0.5, 0.6) is 0 Å². The highest BCUT2D eigenvalue weighted by Gasteiger charge is 2.16. The Morgan fingerprint density at radius 1 is 1.00 bits per heavy atom. The van der Waals surface area contributed by atoms with Crippen LogP contribution in [-0.4, -0.2) is 63.3 Å². The summed E-state index contributed by atoms with van der Waals surface area (Å²) in [6.07, 6.45) is 5.77. The van der Waals surface area contributed by atoms with Crippen molar-refractivity contribution in [2.24, 2.45) is 0 Å². The van der Waals surface area contributed by atoms with Crippen molar-refractivity contribution in [3.05, 3.63) is 54.0 Å². The number of hydrogen-bond acceptors (Lipinski definition) is 6. The summed E-state index contributed by atoms with van der Waals surface area (Å²) in [6.45, 7) is 8.57. The summed E-state index contributed by atoms with van der Waals surface area (Å²) >= 11 is 0. The van der Waals surface area contributed by atoms with E-state index in [4.69, 9.17) is 4.98 Å². The first kappa shape index (κ1) is 20.6. The van der Waals surface area contributed by atoms with Crippen LogP contribution in [0.3, 0.4) is 0 Å². The van der Waals surface area contributed by atoms with Gasteiger partial charge in [-0.2, -0.15) is 5.10 Å². The van der Waals surface area contributed by atoms with Crippen LogP contribution in [0.2, 0.25) is 0 Å². The first-order valence-corrected chi connectivity index (χ1v) is 11.3. The van der Waals surface area contributed by atoms with Crippen molar-refractivity contribution in [3.8, 4) is 22.6 Å². The number of fused-ring (bicyclic) bond motifs is 1. The van der Waals surface area contributed by atoms with Crippen LogP contribution in [0, 0.1) is 6.92 Å². The molecule has 4 heterocycles. The third-order valence-electron chi connectivity index (χ3n) is 6.22. The maximum atomic E-state index is 4.88. The Morgan fingerprint density at radius 2 is 1.78 bits per heavy atom. The van der Waals surface area contributed by atoms with E-state index in [0.717, 1.165) is 78.1 Å². The van der Waals surface area contributed by atoms with Crippen molar-refractivity contribution in [2.75, 3.05) is 38.1 Å². The van der Waals surface area contributed by atoms with Gasteiger partial charge >= 0.3 is 0 Å². The number of rotatable bonds is 5. The molecule has 1 aliphatic rings. The van der Waals surface area contributed by atoms with Gasteiger partial charge in [0, 0.05) is 54.9 Å². The number of nitrogens with zero attached hydrogens (tertiary/aromatic N) is 6. The molecule has 4 aromatic rings. The molecule has 5 rings (SSSR count). The van der Waals surface area contributed by atoms with Crippen LogP contribution in [0.1, 0.15) is 24.6 Å². The van der Waals surface area contributed by atoms with E-state index in [1.54, 1.807) is 0 Å². The minimum atomic E-state index is 0.683. The average molecular weight is 428 g/mol. The van der Waals surface area contributed by atoms with Crippen LogP contribution < -0.4 is 4.90 Å². The maximum absolute atomic E-state index is 4.88. The smallest absolute Gasteiger partial charge is 0.161 e. The van der Waals surface area contributed by atoms with Crippen LogP contribution in [0.15, 0.2) is 42.7 Å². The molecule has 1 aliphatic heterocycles. The lowest BCUT2D eigenvalue weighted by atomic mass is 10.1. The van der Waals surface area contributed by atoms with Crippen molar-refractivity contribution in [3.63, 3.8) is 0 Å². The zero-order chi connectivity index (χ0) is 22.1. The minimum Gasteiger partial charge on any atom is -0.369 e. The Balaban J connectivity index is 1.45. The van der Waals surface area contributed by atoms with E-state index in [9.17, 15) is 0 Å². The summed E-state index contributed by atoms with van der Waals surface area (Å²) < 4.78 is 0. The lowest BCUT2D eigenvalue weighted by molar-refractivity contribution is 0.313. The molecular weight excluding hydrogens is 398 g/mol. The monoisotopic (exact) mass is 427 g/mol. The van der Waals surface area contributed by atoms with Crippen molar-refractivity contribution in [1.29, 1.82) is 0 Å². The topological polar surface area (TPSA) is 73.8 Å². The Hall–Kier alpha value is -3.32. The van der Waals surface area contributed by atoms with Gasteiger partial charge in [-0.3, -0.25) is 10.1 Å². The quantitative estimate of drug-likeness (QED) is 0.517. The van der Waals surface area contributed by atoms with Crippen molar-refractivity contribution < 1.29 is 0 Å². The summed E-state index contributed by atoms with van der Waals surface area (Å²) in [5, 5.41) is 7.63. The molecule has 1 saturated heterocycles. The van der Waals surface area contributed by atoms with E-state index >= 15 is 0 Å². The van der Waals surface area contributed by atoms with Gasteiger partial charge in [-0.25, -0.2) is 9.97 Å². The second-order valence-electron chi connectivity index (χ2n) is 8.61. The number of aryl methyl sites for hydroxylation is 2. The minimum absolute atomic E-state index is 0.683. The van der Waals surface area contributed by atoms with Crippen LogP contribution in [-0.2, 0) is 6.42 Å². The first-order chi connectivity index (χ1) is 15.6. The van der Waals surface area contributed by atoms with Gasteiger partial charge in [-0.15, -0.1) is 0 Å². The number of likely N-dealkylation sites (N-methyl/N-ethyl adjacent to an activating group) is 1. The summed E-state index contributed by atoms with van der Waals surface area (Å²) in [5.74, 6) is 0.683. The van der Waals surface area contributed by atoms with Crippen LogP contribution >= 0.6 is 0 Å². The number of aromatic nitrogens is 5. The van der Waals surface area contributed by atoms with Gasteiger partial charge in [0.25, 0.3) is 0 Å². The third kappa shape index (κ3) is 3.96. The largest absolute Gasteiger partial charge is 0.369 e. The molecule has 164 valence electrons. The molecule has 0 unspecified atom stereocenters. The van der Waals surface area contributed by atoms with Gasteiger partial charge in [-0.05, 0) is 44.2 Å². The number of hydrogen-bond donors (Lipinski definition) is 1. The maximum Gasteiger partial charge on any atom is 0.161 e. The van der Waals surface area contributed by atoms with Gasteiger partial charge in [0.2, 0.25) is 0 Å². The SMILES string of the molecule is CCCc1cc(C)c(-c2ncc3[nH]nc(-c4ccc(N5CCN(C)CC5)cc4)c3n2)cn1. The lowest BCUT2D eigenvalue weighted by Gasteiger charge is -2.34. The average Bonchev–Trinajstić information content (AvgIpc) is 3.23. The van der Waals surface area contributed by atoms with Crippen molar-refractivity contribution in [1.82, 2.24) is 30.0 Å². The van der Waals surface area contributed by atoms with E-state index < -0.39 is 0 Å². The number of benzene rings is 1. The highest BCUT2D eigenvalue weighted by molar-refractivity contribution is 5.90. The van der Waals surface area contributed by atoms with Crippen molar-refractivity contribution >= 4 is 16.7 Å². The van der Waals surface area contributed by atoms with Gasteiger partial charge in [0.1, 0.15) is 16.7 Å². The van der Waals surface area contributed by atoms with Gasteiger partial charge in [0.05, 0.1) is 6.20 Å². The van der Waals surface area contributed by atoms with Crippen molar-refractivity contribution in [2.45, 2.75) is 26.7 Å². The van der Waals surface area contributed by atoms with E-state index in [1.165, 1.54) is 5.69 Å². The zero-order valence-electron chi connectivity index (χ0n) is 19.0. The van der Waals surface area contributed by atoms with E-state index in [-0.39, 0.29) is 0 Å². The Bertz CT molecular complexity index is 1220. The first-order valence-electron chi connectivity index (χ1n) is 11.3. The molecule has 3 aromatic heterocycles. The molecule has 32 heavy (non-hydrogen) atoms. The molecule has 1 fully saturated rings. The fraction of sp³-hybridized carbons (Fsp3) is 0.360. The summed E-state index contributed by atoms with van der Waals surface area (Å²) in [5.41, 5.74) is 8.03. The number of aromatic amines is 1. The molecule has 0 aliphatic carbocycles. The molecule has 0 spiro atoms. The number of H-pyrrole nitrogens is 1. The molecule has 1 N–H and O–H groups in total. The Morgan fingerprint density at radius 3 is 2.50 bits per heavy atom. The molecule has 0 radical (unpaired) electrons. The fourth-order valence-corrected chi connectivity index (χ4v) is 4.28. The van der Waals surface area contributed by atoms with Crippen LogP contribution in [0.4, 0.5) is 5.69 Å². The van der Waals surface area contributed by atoms with Gasteiger partial charge in [0.15, 0.2) is 5.82 Å². The zero-order valence-corrected chi connectivity index (χ0v) is 19.0. The highest BCUT2D eigenvalue weighted by atomic mass is 15.2. The fourth-order valence-electron chi connectivity index (χ4n) is 4.28. The molecule has 7 heteroatoms. The van der Waals surface area contributed by atoms with Crippen LogP contribution in [0.25, 0.3) is 33.7 Å². The standard InChI is InChI=1S/C25H29N7/c1-4-5-19-14-17(2)21(15-26-19)25-27-16-22-24(28-25)23(30-29-22)18-6-8-20(9-7-18)32-12-10-31(3)11-13-32/h6-9,14-16H,4-5,10-13H2,1-3H3,(H,29,30). The number of piperazine rings is 1. The second kappa shape index (κ2) is 8.67. The van der Waals surface area contributed by atoms with E-state index in [1.807, 2.05) is 12.4 Å². The van der Waals surface area contributed by atoms with E-state index in [2.05, 4.69) is 81.2 Å². The number of pyridine rings is 1. The summed E-state index contributed by atoms with van der Waals surface area (Å²) in [6, 6.07) is 10.8. The summed E-state index contributed by atoms with van der Waals surface area (Å²) in [7, 11) is 2.18. The molecule has 0 bridgehead atoms. The molecular formula is C25H29N7. The Labute approximate surface area is 188 Å². The molecule has 0 saturated carbocycles. The predicted molar refractivity (Wildman–Crippen MR) is 129 cm³/mol. The molecule has 1 aromatic carbocycles. The predicted octanol–water partition coefficient (Wildman–Crippen LogP) is 4.09. The normalized spacial score (nSPS) is 14.9. The lowest BCUT2D eigenvalue weighted by Crippen LogP contribution is -2.44. The third-order valence-corrected chi connectivity index (χ3v) is 6.22. The van der Waals surface area contributed by atoms with Gasteiger partial charge < -0.3 is 9.80 Å². The number of nitrogens with one attached hydrogen (secondary N) is 1. The second-order valence-corrected chi connectivity index (χ2v) is 8.61. The molecule has 0 amide bonds. The van der Waals surface area contributed by atoms with E-state index in [0.29, 0.717) is 5.82 Å². The Kier molecular flexibility index (Phi) is 5.57. The molecule has 0 atom stereocenters.